The fourth-order valence-electron chi connectivity index (χ4n) is 3.15. The summed E-state index contributed by atoms with van der Waals surface area (Å²) in [5.74, 6) is -2.12. The number of phenolic OH excluding ortho intramolecular Hbond substituents is 1. The summed E-state index contributed by atoms with van der Waals surface area (Å²) in [4.78, 5) is 37.7. The quantitative estimate of drug-likeness (QED) is 0.109. The van der Waals surface area contributed by atoms with Crippen molar-refractivity contribution < 1.29 is 29.0 Å². The maximum Gasteiger partial charge on any atom is 0.343 e. The molecule has 38 heavy (non-hydrogen) atoms. The van der Waals surface area contributed by atoms with Crippen molar-refractivity contribution in [2.75, 3.05) is 0 Å². The van der Waals surface area contributed by atoms with Gasteiger partial charge in [0.25, 0.3) is 5.91 Å². The number of hydrogen-bond donors (Lipinski definition) is 2. The number of halogens is 2. The molecule has 0 atom stereocenters. The number of aromatic hydroxyl groups is 1. The summed E-state index contributed by atoms with van der Waals surface area (Å²) in [5, 5.41) is 13.7. The molecule has 0 radical (unpaired) electrons. The number of carbonyl (C=O) groups is 3. The molecule has 0 aliphatic heterocycles. The lowest BCUT2D eigenvalue weighted by atomic mass is 10.2. The molecular formula is C28H18Br2N2O6. The normalized spacial score (nSPS) is 10.7. The third kappa shape index (κ3) is 6.93. The molecule has 8 nitrogen and oxygen atoms in total. The van der Waals surface area contributed by atoms with E-state index in [1.54, 1.807) is 66.7 Å². The molecule has 0 saturated carbocycles. The number of esters is 2. The third-order valence-corrected chi connectivity index (χ3v) is 6.12. The molecule has 4 aromatic rings. The average molecular weight is 638 g/mol. The first-order valence-corrected chi connectivity index (χ1v) is 12.6. The number of carbonyl (C=O) groups excluding carboxylic acids is 3. The highest BCUT2D eigenvalue weighted by molar-refractivity contribution is 9.10. The number of hydrazone groups is 1. The second kappa shape index (κ2) is 12.3. The van der Waals surface area contributed by atoms with Gasteiger partial charge in [-0.3, -0.25) is 4.79 Å². The molecule has 0 aliphatic carbocycles. The zero-order valence-corrected chi connectivity index (χ0v) is 22.6. The van der Waals surface area contributed by atoms with E-state index in [9.17, 15) is 19.5 Å². The molecule has 0 aromatic heterocycles. The maximum absolute atomic E-state index is 12.8. The molecule has 4 rings (SSSR count). The minimum Gasteiger partial charge on any atom is -0.507 e. The van der Waals surface area contributed by atoms with Crippen LogP contribution < -0.4 is 14.9 Å². The molecule has 190 valence electrons. The zero-order chi connectivity index (χ0) is 27.1. The third-order valence-electron chi connectivity index (χ3n) is 5.06. The van der Waals surface area contributed by atoms with E-state index in [0.29, 0.717) is 11.1 Å². The van der Waals surface area contributed by atoms with Gasteiger partial charge in [0.05, 0.1) is 22.9 Å². The molecule has 0 spiro atoms. The Morgan fingerprint density at radius 1 is 0.737 bits per heavy atom. The van der Waals surface area contributed by atoms with Crippen molar-refractivity contribution in [3.05, 3.63) is 122 Å². The first-order chi connectivity index (χ1) is 18.3. The molecule has 1 amide bonds. The van der Waals surface area contributed by atoms with E-state index >= 15 is 0 Å². The summed E-state index contributed by atoms with van der Waals surface area (Å²) in [5.41, 5.74) is 3.40. The van der Waals surface area contributed by atoms with Gasteiger partial charge in [0.2, 0.25) is 0 Å². The van der Waals surface area contributed by atoms with Crippen LogP contribution in [0, 0.1) is 0 Å². The van der Waals surface area contributed by atoms with Crippen molar-refractivity contribution in [1.82, 2.24) is 5.43 Å². The maximum atomic E-state index is 12.8. The van der Waals surface area contributed by atoms with Crippen LogP contribution in [0.5, 0.6) is 17.2 Å². The van der Waals surface area contributed by atoms with Crippen molar-refractivity contribution in [2.24, 2.45) is 5.10 Å². The molecule has 0 fully saturated rings. The fraction of sp³-hybridized carbons (Fsp3) is 0. The first kappa shape index (κ1) is 26.8. The van der Waals surface area contributed by atoms with Gasteiger partial charge in [-0.25, -0.2) is 15.0 Å². The molecular weight excluding hydrogens is 620 g/mol. The summed E-state index contributed by atoms with van der Waals surface area (Å²) in [6.45, 7) is 0. The first-order valence-electron chi connectivity index (χ1n) is 11.0. The largest absolute Gasteiger partial charge is 0.507 e. The molecule has 4 aromatic carbocycles. The van der Waals surface area contributed by atoms with Gasteiger partial charge < -0.3 is 14.6 Å². The second-order valence-corrected chi connectivity index (χ2v) is 9.55. The number of nitrogens with one attached hydrogen (secondary N) is 1. The Kier molecular flexibility index (Phi) is 8.67. The van der Waals surface area contributed by atoms with E-state index in [2.05, 4.69) is 42.4 Å². The number of benzene rings is 4. The Balaban J connectivity index is 1.57. The number of rotatable bonds is 7. The highest BCUT2D eigenvalue weighted by Gasteiger charge is 2.17. The Bertz CT molecular complexity index is 1520. The average Bonchev–Trinajstić information content (AvgIpc) is 2.91. The number of hydrogen-bond acceptors (Lipinski definition) is 7. The standard InChI is InChI=1S/C28H18Br2N2O6/c29-20-10-6-18(7-11-20)27(35)37-24-14-5-17(16-31-32-26(34)22-3-1-2-4-23(22)33)15-25(24)38-28(36)19-8-12-21(30)13-9-19/h1-16,33H,(H,32,34)/b31-16+. The number of nitrogens with zero attached hydrogens (tertiary/aromatic N) is 1. The van der Waals surface area contributed by atoms with Crippen molar-refractivity contribution in [3.8, 4) is 17.2 Å². The lowest BCUT2D eigenvalue weighted by Crippen LogP contribution is -2.17. The fourth-order valence-corrected chi connectivity index (χ4v) is 3.68. The van der Waals surface area contributed by atoms with E-state index < -0.39 is 17.8 Å². The number of ether oxygens (including phenoxy) is 2. The number of phenols is 1. The second-order valence-electron chi connectivity index (χ2n) is 7.72. The van der Waals surface area contributed by atoms with Crippen LogP contribution in [-0.4, -0.2) is 29.2 Å². The molecule has 10 heteroatoms. The van der Waals surface area contributed by atoms with Crippen LogP contribution in [0.1, 0.15) is 36.6 Å². The summed E-state index contributed by atoms with van der Waals surface area (Å²) in [6, 6.07) is 23.6. The van der Waals surface area contributed by atoms with Gasteiger partial charge in [0.1, 0.15) is 5.75 Å². The van der Waals surface area contributed by atoms with Gasteiger partial charge in [-0.15, -0.1) is 0 Å². The monoisotopic (exact) mass is 636 g/mol. The van der Waals surface area contributed by atoms with E-state index in [1.807, 2.05) is 0 Å². The minimum atomic E-state index is -0.666. The number of para-hydroxylation sites is 1. The summed E-state index contributed by atoms with van der Waals surface area (Å²) in [6.07, 6.45) is 1.31. The highest BCUT2D eigenvalue weighted by Crippen LogP contribution is 2.30. The van der Waals surface area contributed by atoms with Crippen LogP contribution in [0.2, 0.25) is 0 Å². The van der Waals surface area contributed by atoms with Crippen molar-refractivity contribution in [2.45, 2.75) is 0 Å². The molecule has 0 unspecified atom stereocenters. The molecule has 2 N–H and O–H groups in total. The van der Waals surface area contributed by atoms with Crippen LogP contribution in [0.4, 0.5) is 0 Å². The van der Waals surface area contributed by atoms with Gasteiger partial charge in [-0.2, -0.15) is 5.10 Å². The van der Waals surface area contributed by atoms with Crippen molar-refractivity contribution in [1.29, 1.82) is 0 Å². The van der Waals surface area contributed by atoms with E-state index in [-0.39, 0.29) is 28.4 Å². The van der Waals surface area contributed by atoms with Crippen LogP contribution >= 0.6 is 31.9 Å². The number of amides is 1. The van der Waals surface area contributed by atoms with Crippen LogP contribution in [0.15, 0.2) is 105 Å². The van der Waals surface area contributed by atoms with Crippen LogP contribution in [0.3, 0.4) is 0 Å². The molecule has 0 heterocycles. The Morgan fingerprint density at radius 3 is 1.87 bits per heavy atom. The highest BCUT2D eigenvalue weighted by atomic mass is 79.9. The predicted octanol–water partition coefficient (Wildman–Crippen LogP) is 6.12. The molecule has 0 saturated heterocycles. The van der Waals surface area contributed by atoms with Gasteiger partial charge in [0.15, 0.2) is 11.5 Å². The minimum absolute atomic E-state index is 0.0128. The van der Waals surface area contributed by atoms with E-state index in [4.69, 9.17) is 9.47 Å². The van der Waals surface area contributed by atoms with E-state index in [1.165, 1.54) is 30.5 Å². The summed E-state index contributed by atoms with van der Waals surface area (Å²) >= 11 is 6.64. The van der Waals surface area contributed by atoms with Crippen molar-refractivity contribution >= 4 is 55.9 Å². The summed E-state index contributed by atoms with van der Waals surface area (Å²) < 4.78 is 12.7. The molecule has 0 aliphatic rings. The Labute approximate surface area is 234 Å². The van der Waals surface area contributed by atoms with Crippen LogP contribution in [-0.2, 0) is 0 Å². The van der Waals surface area contributed by atoms with Crippen LogP contribution in [0.25, 0.3) is 0 Å². The topological polar surface area (TPSA) is 114 Å². The predicted molar refractivity (Wildman–Crippen MR) is 148 cm³/mol. The van der Waals surface area contributed by atoms with Gasteiger partial charge in [-0.1, -0.05) is 44.0 Å². The zero-order valence-electron chi connectivity index (χ0n) is 19.4. The van der Waals surface area contributed by atoms with Crippen molar-refractivity contribution in [3.63, 3.8) is 0 Å². The van der Waals surface area contributed by atoms with Gasteiger partial charge >= 0.3 is 11.9 Å². The van der Waals surface area contributed by atoms with E-state index in [0.717, 1.165) is 8.95 Å². The van der Waals surface area contributed by atoms with Gasteiger partial charge in [0, 0.05) is 8.95 Å². The lowest BCUT2D eigenvalue weighted by Gasteiger charge is -2.12. The van der Waals surface area contributed by atoms with Gasteiger partial charge in [-0.05, 0) is 84.4 Å². The SMILES string of the molecule is O=C(Oc1ccc(/C=N/NC(=O)c2ccccc2O)cc1OC(=O)c1ccc(Br)cc1)c1ccc(Br)cc1. The summed E-state index contributed by atoms with van der Waals surface area (Å²) in [7, 11) is 0. The Hall–Kier alpha value is -4.28. The molecule has 0 bridgehead atoms. The Morgan fingerprint density at radius 2 is 1.29 bits per heavy atom. The smallest absolute Gasteiger partial charge is 0.343 e. The lowest BCUT2D eigenvalue weighted by molar-refractivity contribution is 0.0682.